The molecular weight excluding hydrogens is 260 g/mol. The van der Waals surface area contributed by atoms with Gasteiger partial charge in [-0.15, -0.1) is 0 Å². The van der Waals surface area contributed by atoms with Gasteiger partial charge in [-0.2, -0.15) is 5.26 Å². The van der Waals surface area contributed by atoms with Gasteiger partial charge in [0.25, 0.3) is 0 Å². The van der Waals surface area contributed by atoms with E-state index in [4.69, 9.17) is 16.3 Å². The van der Waals surface area contributed by atoms with Gasteiger partial charge in [-0.25, -0.2) is 0 Å². The molecule has 4 heteroatoms. The van der Waals surface area contributed by atoms with Crippen molar-refractivity contribution in [3.8, 4) is 11.8 Å². The van der Waals surface area contributed by atoms with E-state index in [2.05, 4.69) is 11.1 Å². The van der Waals surface area contributed by atoms with Gasteiger partial charge in [-0.1, -0.05) is 23.7 Å². The van der Waals surface area contributed by atoms with Crippen LogP contribution < -0.4 is 4.74 Å². The molecule has 96 valence electrons. The quantitative estimate of drug-likeness (QED) is 0.854. The van der Waals surface area contributed by atoms with Crippen molar-refractivity contribution in [3.63, 3.8) is 0 Å². The molecule has 0 N–H and O–H groups in total. The molecule has 0 saturated carbocycles. The smallest absolute Gasteiger partial charge is 0.137 e. The first-order valence-corrected chi connectivity index (χ1v) is 6.25. The van der Waals surface area contributed by atoms with Crippen LogP contribution in [0.25, 0.3) is 0 Å². The van der Waals surface area contributed by atoms with Gasteiger partial charge in [0.15, 0.2) is 0 Å². The largest absolute Gasteiger partial charge is 0.495 e. The summed E-state index contributed by atoms with van der Waals surface area (Å²) in [6.07, 6.45) is 2.30. The topological polar surface area (TPSA) is 45.9 Å². The summed E-state index contributed by atoms with van der Waals surface area (Å²) in [5.41, 5.74) is 1.76. The number of ether oxygens (including phenoxy) is 1. The molecule has 3 nitrogen and oxygen atoms in total. The Morgan fingerprint density at radius 3 is 2.79 bits per heavy atom. The third kappa shape index (κ3) is 3.24. The molecule has 0 radical (unpaired) electrons. The average Bonchev–Trinajstić information content (AvgIpc) is 2.46. The van der Waals surface area contributed by atoms with Crippen LogP contribution in [0.2, 0.25) is 5.02 Å². The molecule has 0 spiro atoms. The maximum Gasteiger partial charge on any atom is 0.137 e. The van der Waals surface area contributed by atoms with Gasteiger partial charge in [-0.05, 0) is 29.8 Å². The van der Waals surface area contributed by atoms with E-state index in [1.165, 1.54) is 0 Å². The second-order valence-electron chi connectivity index (χ2n) is 4.10. The number of pyridine rings is 1. The molecule has 0 bridgehead atoms. The lowest BCUT2D eigenvalue weighted by molar-refractivity contribution is 0.415. The molecule has 0 aliphatic heterocycles. The van der Waals surface area contributed by atoms with Crippen LogP contribution in [0.1, 0.15) is 17.2 Å². The van der Waals surface area contributed by atoms with Crippen molar-refractivity contribution >= 4 is 11.6 Å². The second-order valence-corrected chi connectivity index (χ2v) is 4.51. The van der Waals surface area contributed by atoms with E-state index < -0.39 is 0 Å². The van der Waals surface area contributed by atoms with Crippen LogP contribution >= 0.6 is 11.6 Å². The van der Waals surface area contributed by atoms with Crippen LogP contribution in [0.3, 0.4) is 0 Å². The Bertz CT molecular complexity index is 593. The van der Waals surface area contributed by atoms with Crippen molar-refractivity contribution in [1.82, 2.24) is 4.98 Å². The number of nitriles is 1. The summed E-state index contributed by atoms with van der Waals surface area (Å²) >= 11 is 6.08. The third-order valence-corrected chi connectivity index (χ3v) is 3.17. The molecular formula is C15H13ClN2O. The number of halogens is 1. The molecule has 0 aliphatic rings. The Morgan fingerprint density at radius 1 is 1.37 bits per heavy atom. The van der Waals surface area contributed by atoms with Crippen LogP contribution in [0.4, 0.5) is 0 Å². The van der Waals surface area contributed by atoms with Crippen molar-refractivity contribution in [2.24, 2.45) is 0 Å². The first-order chi connectivity index (χ1) is 9.24. The second kappa shape index (κ2) is 6.21. The van der Waals surface area contributed by atoms with Crippen LogP contribution in [-0.2, 0) is 6.42 Å². The highest BCUT2D eigenvalue weighted by Gasteiger charge is 2.14. The zero-order valence-corrected chi connectivity index (χ0v) is 11.3. The third-order valence-electron chi connectivity index (χ3n) is 2.87. The number of hydrogen-bond donors (Lipinski definition) is 0. The van der Waals surface area contributed by atoms with Gasteiger partial charge in [0.1, 0.15) is 5.75 Å². The Labute approximate surface area is 117 Å². The Morgan fingerprint density at radius 2 is 2.21 bits per heavy atom. The van der Waals surface area contributed by atoms with Gasteiger partial charge < -0.3 is 4.74 Å². The number of aromatic nitrogens is 1. The fraction of sp³-hybridized carbons (Fsp3) is 0.200. The lowest BCUT2D eigenvalue weighted by atomic mass is 9.95. The standard InChI is InChI=1S/C15H13ClN2O/c1-19-15-6-5-11(9-14(15)16)12(10-17)8-13-4-2-3-7-18-13/h2-7,9,12H,8H2,1H3. The molecule has 1 aromatic heterocycles. The Kier molecular flexibility index (Phi) is 4.38. The highest BCUT2D eigenvalue weighted by molar-refractivity contribution is 6.32. The van der Waals surface area contributed by atoms with Gasteiger partial charge in [0.2, 0.25) is 0 Å². The van der Waals surface area contributed by atoms with Crippen molar-refractivity contribution in [2.75, 3.05) is 7.11 Å². The van der Waals surface area contributed by atoms with Gasteiger partial charge in [0.05, 0.1) is 24.1 Å². The maximum absolute atomic E-state index is 9.31. The van der Waals surface area contributed by atoms with Gasteiger partial charge in [-0.3, -0.25) is 4.98 Å². The zero-order chi connectivity index (χ0) is 13.7. The van der Waals surface area contributed by atoms with E-state index in [0.29, 0.717) is 17.2 Å². The van der Waals surface area contributed by atoms with Crippen LogP contribution in [0.5, 0.6) is 5.75 Å². The van der Waals surface area contributed by atoms with Crippen molar-refractivity contribution < 1.29 is 4.74 Å². The lowest BCUT2D eigenvalue weighted by Crippen LogP contribution is -2.02. The molecule has 1 atom stereocenters. The Balaban J connectivity index is 2.23. The summed E-state index contributed by atoms with van der Waals surface area (Å²) in [4.78, 5) is 4.24. The van der Waals surface area contributed by atoms with E-state index in [0.717, 1.165) is 11.3 Å². The Hall–Kier alpha value is -2.05. The average molecular weight is 273 g/mol. The van der Waals surface area contributed by atoms with Crippen molar-refractivity contribution in [1.29, 1.82) is 5.26 Å². The van der Waals surface area contributed by atoms with Crippen molar-refractivity contribution in [3.05, 3.63) is 58.9 Å². The van der Waals surface area contributed by atoms with E-state index >= 15 is 0 Å². The molecule has 0 aliphatic carbocycles. The van der Waals surface area contributed by atoms with Crippen LogP contribution in [0.15, 0.2) is 42.6 Å². The van der Waals surface area contributed by atoms with Crippen LogP contribution in [-0.4, -0.2) is 12.1 Å². The highest BCUT2D eigenvalue weighted by Crippen LogP contribution is 2.29. The number of nitrogens with zero attached hydrogens (tertiary/aromatic N) is 2. The minimum Gasteiger partial charge on any atom is -0.495 e. The normalized spacial score (nSPS) is 11.6. The molecule has 19 heavy (non-hydrogen) atoms. The fourth-order valence-corrected chi connectivity index (χ4v) is 2.13. The van der Waals surface area contributed by atoms with Crippen LogP contribution in [0, 0.1) is 11.3 Å². The molecule has 0 saturated heterocycles. The molecule has 0 amide bonds. The van der Waals surface area contributed by atoms with Crippen molar-refractivity contribution in [2.45, 2.75) is 12.3 Å². The summed E-state index contributed by atoms with van der Waals surface area (Å²) in [5.74, 6) is 0.346. The molecule has 2 rings (SSSR count). The number of rotatable bonds is 4. The van der Waals surface area contributed by atoms with E-state index in [-0.39, 0.29) is 5.92 Å². The van der Waals surface area contributed by atoms with E-state index in [9.17, 15) is 5.26 Å². The van der Waals surface area contributed by atoms with Gasteiger partial charge in [0, 0.05) is 18.3 Å². The highest BCUT2D eigenvalue weighted by atomic mass is 35.5. The molecule has 1 aromatic carbocycles. The monoisotopic (exact) mass is 272 g/mol. The SMILES string of the molecule is COc1ccc(C(C#N)Cc2ccccn2)cc1Cl. The summed E-state index contributed by atoms with van der Waals surface area (Å²) in [5, 5.41) is 9.82. The number of methoxy groups -OCH3 is 1. The predicted octanol–water partition coefficient (Wildman–Crippen LogP) is 3.59. The minimum atomic E-state index is -0.265. The number of benzene rings is 1. The first kappa shape index (κ1) is 13.4. The first-order valence-electron chi connectivity index (χ1n) is 5.87. The number of hydrogen-bond acceptors (Lipinski definition) is 3. The molecule has 2 aromatic rings. The summed E-state index contributed by atoms with van der Waals surface area (Å²) in [6.45, 7) is 0. The molecule has 0 fully saturated rings. The van der Waals surface area contributed by atoms with Gasteiger partial charge >= 0.3 is 0 Å². The lowest BCUT2D eigenvalue weighted by Gasteiger charge is -2.11. The zero-order valence-electron chi connectivity index (χ0n) is 10.5. The fourth-order valence-electron chi connectivity index (χ4n) is 1.87. The molecule has 1 unspecified atom stereocenters. The molecule has 1 heterocycles. The summed E-state index contributed by atoms with van der Waals surface area (Å²) < 4.78 is 5.10. The van der Waals surface area contributed by atoms with E-state index in [1.54, 1.807) is 25.4 Å². The summed E-state index contributed by atoms with van der Waals surface area (Å²) in [6, 6.07) is 13.4. The summed E-state index contributed by atoms with van der Waals surface area (Å²) in [7, 11) is 1.57. The predicted molar refractivity (Wildman–Crippen MR) is 74.3 cm³/mol. The minimum absolute atomic E-state index is 0.265. The van der Waals surface area contributed by atoms with E-state index in [1.807, 2.05) is 24.3 Å². The maximum atomic E-state index is 9.31.